The molecule has 1 saturated heterocycles. The molecular weight excluding hydrogens is 489 g/mol. The molecule has 7 aromatic rings. The molecule has 6 aromatic carbocycles. The van der Waals surface area contributed by atoms with Crippen molar-refractivity contribution in [3.8, 4) is 5.69 Å². The molecule has 0 bridgehead atoms. The molecule has 1 fully saturated rings. The summed E-state index contributed by atoms with van der Waals surface area (Å²) in [5, 5.41) is 9.97. The highest BCUT2D eigenvalue weighted by Gasteiger charge is 2.52. The van der Waals surface area contributed by atoms with Crippen molar-refractivity contribution in [2.24, 2.45) is 0 Å². The standard InChI is InChI=1S/C36H30BNO2/c1-35(2)36(3,4)40-37(39-35)29-19-22-30(28-16-10-9-15-27(28)29)38-31-20-17-23-11-5-7-13-25(23)33(31)34-26-14-8-6-12-24(26)18-21-32(34)38/h5-22H,1-4H3. The fourth-order valence-electron chi connectivity index (χ4n) is 6.48. The van der Waals surface area contributed by atoms with Gasteiger partial charge in [-0.3, -0.25) is 0 Å². The Morgan fingerprint density at radius 1 is 0.500 bits per heavy atom. The van der Waals surface area contributed by atoms with Gasteiger partial charge in [-0.15, -0.1) is 0 Å². The van der Waals surface area contributed by atoms with Crippen LogP contribution in [0.25, 0.3) is 59.8 Å². The van der Waals surface area contributed by atoms with Crippen LogP contribution in [-0.2, 0) is 9.31 Å². The average Bonchev–Trinajstić information content (AvgIpc) is 3.42. The lowest BCUT2D eigenvalue weighted by molar-refractivity contribution is 0.00578. The summed E-state index contributed by atoms with van der Waals surface area (Å²) >= 11 is 0. The fraction of sp³-hybridized carbons (Fsp3) is 0.167. The summed E-state index contributed by atoms with van der Waals surface area (Å²) in [6.45, 7) is 8.43. The van der Waals surface area contributed by atoms with Gasteiger partial charge in [0.2, 0.25) is 0 Å². The van der Waals surface area contributed by atoms with Gasteiger partial charge in [0, 0.05) is 16.2 Å². The maximum absolute atomic E-state index is 6.50. The zero-order chi connectivity index (χ0) is 27.2. The Morgan fingerprint density at radius 2 is 0.975 bits per heavy atom. The molecule has 0 radical (unpaired) electrons. The van der Waals surface area contributed by atoms with E-state index in [1.807, 2.05) is 0 Å². The third-order valence-electron chi connectivity index (χ3n) is 9.23. The summed E-state index contributed by atoms with van der Waals surface area (Å²) in [6.07, 6.45) is 0. The van der Waals surface area contributed by atoms with Crippen molar-refractivity contribution in [2.75, 3.05) is 0 Å². The van der Waals surface area contributed by atoms with Gasteiger partial charge in [0.1, 0.15) is 0 Å². The van der Waals surface area contributed by atoms with Crippen LogP contribution in [-0.4, -0.2) is 22.9 Å². The monoisotopic (exact) mass is 519 g/mol. The van der Waals surface area contributed by atoms with E-state index in [9.17, 15) is 0 Å². The summed E-state index contributed by atoms with van der Waals surface area (Å²) in [6, 6.07) is 39.6. The van der Waals surface area contributed by atoms with Crippen molar-refractivity contribution in [2.45, 2.75) is 38.9 Å². The summed E-state index contributed by atoms with van der Waals surface area (Å²) in [5.41, 5.74) is 3.84. The number of hydrogen-bond donors (Lipinski definition) is 0. The van der Waals surface area contributed by atoms with Crippen LogP contribution in [0.3, 0.4) is 0 Å². The zero-order valence-electron chi connectivity index (χ0n) is 23.2. The van der Waals surface area contributed by atoms with Gasteiger partial charge in [-0.05, 0) is 78.3 Å². The molecule has 0 aliphatic carbocycles. The topological polar surface area (TPSA) is 23.4 Å². The van der Waals surface area contributed by atoms with Crippen molar-refractivity contribution >= 4 is 66.7 Å². The van der Waals surface area contributed by atoms with Gasteiger partial charge in [-0.2, -0.15) is 0 Å². The summed E-state index contributed by atoms with van der Waals surface area (Å²) < 4.78 is 15.4. The lowest BCUT2D eigenvalue weighted by Crippen LogP contribution is -2.41. The van der Waals surface area contributed by atoms with E-state index in [1.165, 1.54) is 48.7 Å². The first-order valence-electron chi connectivity index (χ1n) is 14.1. The lowest BCUT2D eigenvalue weighted by atomic mass is 9.76. The predicted molar refractivity (Wildman–Crippen MR) is 169 cm³/mol. The van der Waals surface area contributed by atoms with Gasteiger partial charge >= 0.3 is 7.12 Å². The second-order valence-electron chi connectivity index (χ2n) is 12.0. The number of aromatic nitrogens is 1. The Kier molecular flexibility index (Phi) is 4.87. The molecule has 0 unspecified atom stereocenters. The quantitative estimate of drug-likeness (QED) is 0.214. The lowest BCUT2D eigenvalue weighted by Gasteiger charge is -2.32. The van der Waals surface area contributed by atoms with E-state index < -0.39 is 18.3 Å². The Bertz CT molecular complexity index is 2030. The minimum absolute atomic E-state index is 0.396. The molecule has 0 amide bonds. The van der Waals surface area contributed by atoms with Crippen LogP contribution >= 0.6 is 0 Å². The maximum Gasteiger partial charge on any atom is 0.495 e. The smallest absolute Gasteiger partial charge is 0.399 e. The molecule has 1 aliphatic heterocycles. The van der Waals surface area contributed by atoms with Crippen LogP contribution in [0.1, 0.15) is 27.7 Å². The third kappa shape index (κ3) is 3.21. The van der Waals surface area contributed by atoms with Crippen LogP contribution in [0.2, 0.25) is 0 Å². The molecule has 0 saturated carbocycles. The Labute approximate surface area is 234 Å². The molecule has 0 spiro atoms. The van der Waals surface area contributed by atoms with E-state index >= 15 is 0 Å². The zero-order valence-corrected chi connectivity index (χ0v) is 23.2. The Hall–Kier alpha value is -4.12. The van der Waals surface area contributed by atoms with Crippen LogP contribution in [0, 0.1) is 0 Å². The first-order chi connectivity index (χ1) is 19.3. The minimum atomic E-state index is -0.421. The largest absolute Gasteiger partial charge is 0.495 e. The molecular formula is C36H30BNO2. The number of rotatable bonds is 2. The molecule has 3 nitrogen and oxygen atoms in total. The van der Waals surface area contributed by atoms with E-state index in [0.29, 0.717) is 0 Å². The molecule has 1 aliphatic rings. The highest BCUT2D eigenvalue weighted by Crippen LogP contribution is 2.42. The van der Waals surface area contributed by atoms with Gasteiger partial charge in [0.15, 0.2) is 0 Å². The maximum atomic E-state index is 6.50. The van der Waals surface area contributed by atoms with Gasteiger partial charge in [0.25, 0.3) is 0 Å². The predicted octanol–water partition coefficient (Wildman–Crippen LogP) is 8.54. The van der Waals surface area contributed by atoms with E-state index in [0.717, 1.165) is 16.5 Å². The van der Waals surface area contributed by atoms with Crippen LogP contribution in [0.15, 0.2) is 109 Å². The van der Waals surface area contributed by atoms with E-state index in [-0.39, 0.29) is 0 Å². The fourth-order valence-corrected chi connectivity index (χ4v) is 6.48. The third-order valence-corrected chi connectivity index (χ3v) is 9.23. The second-order valence-corrected chi connectivity index (χ2v) is 12.0. The first kappa shape index (κ1) is 23.7. The molecule has 1 aromatic heterocycles. The number of fused-ring (bicyclic) bond motifs is 8. The van der Waals surface area contributed by atoms with Crippen molar-refractivity contribution in [3.05, 3.63) is 109 Å². The molecule has 4 heteroatoms. The number of benzene rings is 6. The number of nitrogens with zero attached hydrogens (tertiary/aromatic N) is 1. The highest BCUT2D eigenvalue weighted by atomic mass is 16.7. The van der Waals surface area contributed by atoms with Crippen molar-refractivity contribution in [1.82, 2.24) is 4.57 Å². The normalized spacial score (nSPS) is 16.6. The van der Waals surface area contributed by atoms with Gasteiger partial charge in [-0.25, -0.2) is 0 Å². The molecule has 194 valence electrons. The molecule has 8 rings (SSSR count). The van der Waals surface area contributed by atoms with Gasteiger partial charge < -0.3 is 13.9 Å². The second kappa shape index (κ2) is 8.20. The van der Waals surface area contributed by atoms with Crippen molar-refractivity contribution in [3.63, 3.8) is 0 Å². The van der Waals surface area contributed by atoms with Gasteiger partial charge in [0.05, 0.1) is 27.9 Å². The molecule has 2 heterocycles. The number of hydrogen-bond acceptors (Lipinski definition) is 2. The minimum Gasteiger partial charge on any atom is -0.399 e. The summed E-state index contributed by atoms with van der Waals surface area (Å²) in [7, 11) is -0.421. The Balaban J connectivity index is 1.47. The van der Waals surface area contributed by atoms with Crippen LogP contribution < -0.4 is 5.46 Å². The summed E-state index contributed by atoms with van der Waals surface area (Å²) in [5.74, 6) is 0. The van der Waals surface area contributed by atoms with Crippen LogP contribution in [0.5, 0.6) is 0 Å². The molecule has 0 atom stereocenters. The first-order valence-corrected chi connectivity index (χ1v) is 14.1. The van der Waals surface area contributed by atoms with Crippen LogP contribution in [0.4, 0.5) is 0 Å². The van der Waals surface area contributed by atoms with Gasteiger partial charge in [-0.1, -0.05) is 91.0 Å². The van der Waals surface area contributed by atoms with E-state index in [4.69, 9.17) is 9.31 Å². The Morgan fingerprint density at radius 3 is 1.52 bits per heavy atom. The molecule has 40 heavy (non-hydrogen) atoms. The van der Waals surface area contributed by atoms with Crippen molar-refractivity contribution < 1.29 is 9.31 Å². The SMILES string of the molecule is CC1(C)OB(c2ccc(-n3c4ccc5ccccc5c4c4c5ccccc5ccc43)c3ccccc23)OC1(C)C. The van der Waals surface area contributed by atoms with Crippen molar-refractivity contribution in [1.29, 1.82) is 0 Å². The highest BCUT2D eigenvalue weighted by molar-refractivity contribution is 6.65. The van der Waals surface area contributed by atoms with E-state index in [2.05, 4.69) is 141 Å². The molecule has 0 N–H and O–H groups in total. The average molecular weight is 519 g/mol. The summed E-state index contributed by atoms with van der Waals surface area (Å²) in [4.78, 5) is 0. The van der Waals surface area contributed by atoms with E-state index in [1.54, 1.807) is 0 Å².